The van der Waals surface area contributed by atoms with Crippen molar-refractivity contribution >= 4 is 5.97 Å². The summed E-state index contributed by atoms with van der Waals surface area (Å²) in [7, 11) is 0. The van der Waals surface area contributed by atoms with Crippen LogP contribution in [0.3, 0.4) is 0 Å². The molecule has 0 aliphatic heterocycles. The molecule has 1 aromatic heterocycles. The highest BCUT2D eigenvalue weighted by atomic mass is 16.5. The summed E-state index contributed by atoms with van der Waals surface area (Å²) >= 11 is 0. The van der Waals surface area contributed by atoms with Gasteiger partial charge in [-0.25, -0.2) is 4.79 Å². The molecule has 0 bridgehead atoms. The van der Waals surface area contributed by atoms with Crippen LogP contribution in [-0.4, -0.2) is 27.5 Å². The van der Waals surface area contributed by atoms with Gasteiger partial charge in [-0.3, -0.25) is 4.68 Å². The molecule has 0 aliphatic carbocycles. The number of nitrogens with zero attached hydrogens (tertiary/aromatic N) is 2. The average Bonchev–Trinajstić information content (AvgIpc) is 2.82. The fourth-order valence-electron chi connectivity index (χ4n) is 1.68. The summed E-state index contributed by atoms with van der Waals surface area (Å²) in [5, 5.41) is 13.1. The highest BCUT2D eigenvalue weighted by molar-refractivity contribution is 5.75. The molecule has 1 heterocycles. The van der Waals surface area contributed by atoms with Crippen LogP contribution in [0, 0.1) is 0 Å². The number of unbranched alkanes of at least 4 members (excludes halogenated alkanes) is 4. The Morgan fingerprint density at radius 3 is 2.68 bits per heavy atom. The first-order valence-corrected chi connectivity index (χ1v) is 6.89. The molecule has 1 rings (SSSR count). The number of rotatable bonds is 9. The Morgan fingerprint density at radius 2 is 2.05 bits per heavy atom. The van der Waals surface area contributed by atoms with Crippen molar-refractivity contribution in [1.29, 1.82) is 0 Å². The van der Waals surface area contributed by atoms with Crippen LogP contribution >= 0.6 is 0 Å². The van der Waals surface area contributed by atoms with Crippen LogP contribution in [0.25, 0.3) is 0 Å². The predicted molar refractivity (Wildman–Crippen MR) is 73.4 cm³/mol. The number of ether oxygens (including phenoxy) is 1. The largest absolute Gasteiger partial charge is 0.490 e. The van der Waals surface area contributed by atoms with E-state index in [2.05, 4.69) is 12.0 Å². The van der Waals surface area contributed by atoms with E-state index in [4.69, 9.17) is 9.84 Å². The van der Waals surface area contributed by atoms with E-state index in [-0.39, 0.29) is 0 Å². The Hall–Kier alpha value is -1.52. The maximum Gasteiger partial charge on any atom is 0.331 e. The molecule has 0 atom stereocenters. The predicted octanol–water partition coefficient (Wildman–Crippen LogP) is 3.05. The molecule has 1 N–H and O–H groups in total. The summed E-state index contributed by atoms with van der Waals surface area (Å²) < 4.78 is 6.98. The zero-order chi connectivity index (χ0) is 14.3. The van der Waals surface area contributed by atoms with Gasteiger partial charge in [0.25, 0.3) is 0 Å². The van der Waals surface area contributed by atoms with Crippen molar-refractivity contribution in [1.82, 2.24) is 9.78 Å². The first kappa shape index (κ1) is 15.5. The van der Waals surface area contributed by atoms with Crippen LogP contribution < -0.4 is 4.74 Å². The van der Waals surface area contributed by atoms with Crippen molar-refractivity contribution in [2.75, 3.05) is 6.61 Å². The number of carbonyl (C=O) groups is 1. The maximum atomic E-state index is 11.1. The third-order valence-corrected chi connectivity index (χ3v) is 3.17. The van der Waals surface area contributed by atoms with Gasteiger partial charge in [-0.15, -0.1) is 0 Å². The van der Waals surface area contributed by atoms with Crippen LogP contribution in [-0.2, 0) is 10.3 Å². The summed E-state index contributed by atoms with van der Waals surface area (Å²) in [6, 6.07) is 0. The van der Waals surface area contributed by atoms with Crippen molar-refractivity contribution in [3.63, 3.8) is 0 Å². The van der Waals surface area contributed by atoms with Gasteiger partial charge >= 0.3 is 5.97 Å². The molecule has 1 aromatic rings. The Labute approximate surface area is 114 Å². The van der Waals surface area contributed by atoms with Crippen LogP contribution in [0.5, 0.6) is 5.75 Å². The Bertz CT molecular complexity index is 399. The summed E-state index contributed by atoms with van der Waals surface area (Å²) in [4.78, 5) is 11.1. The summed E-state index contributed by atoms with van der Waals surface area (Å²) in [6.45, 7) is 6.06. The zero-order valence-electron chi connectivity index (χ0n) is 12.1. The fourth-order valence-corrected chi connectivity index (χ4v) is 1.68. The minimum atomic E-state index is -1.05. The number of hydrogen-bond acceptors (Lipinski definition) is 3. The van der Waals surface area contributed by atoms with Gasteiger partial charge in [0.2, 0.25) is 0 Å². The molecular weight excluding hydrogens is 244 g/mol. The molecule has 0 saturated carbocycles. The number of carboxylic acid groups (broad SMARTS) is 1. The molecule has 108 valence electrons. The van der Waals surface area contributed by atoms with Crippen LogP contribution in [0.4, 0.5) is 0 Å². The highest BCUT2D eigenvalue weighted by Gasteiger charge is 2.30. The molecule has 0 radical (unpaired) electrons. The van der Waals surface area contributed by atoms with E-state index >= 15 is 0 Å². The second-order valence-corrected chi connectivity index (χ2v) is 5.25. The molecule has 0 spiro atoms. The molecule has 0 amide bonds. The van der Waals surface area contributed by atoms with Crippen LogP contribution in [0.15, 0.2) is 12.4 Å². The summed E-state index contributed by atoms with van der Waals surface area (Å²) in [5.74, 6) is -0.286. The van der Waals surface area contributed by atoms with Gasteiger partial charge in [0, 0.05) is 0 Å². The quantitative estimate of drug-likeness (QED) is 0.699. The van der Waals surface area contributed by atoms with Gasteiger partial charge in [0.1, 0.15) is 0 Å². The molecule has 19 heavy (non-hydrogen) atoms. The second kappa shape index (κ2) is 7.16. The van der Waals surface area contributed by atoms with Gasteiger partial charge in [-0.1, -0.05) is 32.6 Å². The van der Waals surface area contributed by atoms with E-state index in [9.17, 15) is 4.79 Å². The molecule has 5 nitrogen and oxygen atoms in total. The van der Waals surface area contributed by atoms with Gasteiger partial charge in [0.15, 0.2) is 11.3 Å². The molecule has 5 heteroatoms. The normalized spacial score (nSPS) is 11.5. The first-order valence-electron chi connectivity index (χ1n) is 6.89. The lowest BCUT2D eigenvalue weighted by Crippen LogP contribution is -2.35. The van der Waals surface area contributed by atoms with Crippen molar-refractivity contribution in [2.45, 2.75) is 58.4 Å². The molecular formula is C14H24N2O3. The number of carboxylic acids is 1. The summed E-state index contributed by atoms with van der Waals surface area (Å²) in [5.41, 5.74) is -1.05. The Morgan fingerprint density at radius 1 is 1.37 bits per heavy atom. The third kappa shape index (κ3) is 4.58. The van der Waals surface area contributed by atoms with Crippen molar-refractivity contribution in [3.8, 4) is 5.75 Å². The van der Waals surface area contributed by atoms with E-state index in [1.807, 2.05) is 0 Å². The smallest absolute Gasteiger partial charge is 0.331 e. The average molecular weight is 268 g/mol. The van der Waals surface area contributed by atoms with E-state index < -0.39 is 11.5 Å². The standard InChI is InChI=1S/C14H24N2O3/c1-4-5-6-7-8-9-19-12-10-15-16(11-12)14(2,3)13(17)18/h10-11H,4-9H2,1-3H3,(H,17,18). The fraction of sp³-hybridized carbons (Fsp3) is 0.714. The van der Waals surface area contributed by atoms with Crippen molar-refractivity contribution in [3.05, 3.63) is 12.4 Å². The third-order valence-electron chi connectivity index (χ3n) is 3.17. The lowest BCUT2D eigenvalue weighted by atomic mass is 10.1. The first-order chi connectivity index (χ1) is 8.98. The lowest BCUT2D eigenvalue weighted by Gasteiger charge is -2.19. The van der Waals surface area contributed by atoms with Crippen LogP contribution in [0.2, 0.25) is 0 Å². The topological polar surface area (TPSA) is 64.4 Å². The van der Waals surface area contributed by atoms with Crippen molar-refractivity contribution in [2.24, 2.45) is 0 Å². The minimum Gasteiger partial charge on any atom is -0.490 e. The monoisotopic (exact) mass is 268 g/mol. The lowest BCUT2D eigenvalue weighted by molar-refractivity contribution is -0.146. The van der Waals surface area contributed by atoms with Gasteiger partial charge in [0.05, 0.1) is 19.0 Å². The van der Waals surface area contributed by atoms with Gasteiger partial charge in [-0.2, -0.15) is 5.10 Å². The molecule has 0 fully saturated rings. The molecule has 0 aliphatic rings. The maximum absolute atomic E-state index is 11.1. The SMILES string of the molecule is CCCCCCCOc1cnn(C(C)(C)C(=O)O)c1. The number of aliphatic carboxylic acids is 1. The van der Waals surface area contributed by atoms with E-state index in [0.717, 1.165) is 6.42 Å². The zero-order valence-corrected chi connectivity index (χ0v) is 12.1. The van der Waals surface area contributed by atoms with E-state index in [1.165, 1.54) is 30.4 Å². The summed E-state index contributed by atoms with van der Waals surface area (Å²) in [6.07, 6.45) is 9.14. The second-order valence-electron chi connectivity index (χ2n) is 5.25. The number of hydrogen-bond donors (Lipinski definition) is 1. The Balaban J connectivity index is 2.37. The Kier molecular flexibility index (Phi) is 5.86. The minimum absolute atomic E-state index is 0.629. The highest BCUT2D eigenvalue weighted by Crippen LogP contribution is 2.18. The molecule has 0 unspecified atom stereocenters. The van der Waals surface area contributed by atoms with E-state index in [0.29, 0.717) is 12.4 Å². The van der Waals surface area contributed by atoms with Crippen molar-refractivity contribution < 1.29 is 14.6 Å². The molecule has 0 aromatic carbocycles. The van der Waals surface area contributed by atoms with E-state index in [1.54, 1.807) is 26.2 Å². The van der Waals surface area contributed by atoms with Gasteiger partial charge < -0.3 is 9.84 Å². The molecule has 0 saturated heterocycles. The number of aromatic nitrogens is 2. The van der Waals surface area contributed by atoms with Crippen LogP contribution in [0.1, 0.15) is 52.9 Å². The van der Waals surface area contributed by atoms with Gasteiger partial charge in [-0.05, 0) is 20.3 Å².